The first-order chi connectivity index (χ1) is 7.09. The summed E-state index contributed by atoms with van der Waals surface area (Å²) < 4.78 is 14.8. The van der Waals surface area contributed by atoms with Crippen molar-refractivity contribution >= 4 is 54.8 Å². The van der Waals surface area contributed by atoms with Gasteiger partial charge in [0.2, 0.25) is 0 Å². The standard InChI is InChI=1S/C8H2Br2ClFN2S/c9-4-2-1-3(6(12)5(4)11)7-13-14-8(10)15-7/h1-2H. The van der Waals surface area contributed by atoms with E-state index in [4.69, 9.17) is 11.6 Å². The molecule has 0 bridgehead atoms. The van der Waals surface area contributed by atoms with Crippen LogP contribution in [0.3, 0.4) is 0 Å². The zero-order valence-electron chi connectivity index (χ0n) is 6.97. The van der Waals surface area contributed by atoms with Gasteiger partial charge in [0.25, 0.3) is 0 Å². The highest BCUT2D eigenvalue weighted by molar-refractivity contribution is 9.11. The number of halogens is 4. The number of nitrogens with zero attached hydrogens (tertiary/aromatic N) is 2. The van der Waals surface area contributed by atoms with Crippen LogP contribution >= 0.6 is 54.8 Å². The average molecular weight is 372 g/mol. The quantitative estimate of drug-likeness (QED) is 0.688. The molecule has 2 nitrogen and oxygen atoms in total. The van der Waals surface area contributed by atoms with Gasteiger partial charge in [0, 0.05) is 10.0 Å². The minimum Gasteiger partial charge on any atom is -0.205 e. The summed E-state index contributed by atoms with van der Waals surface area (Å²) in [5.41, 5.74) is 0.353. The first-order valence-corrected chi connectivity index (χ1v) is 6.50. The zero-order valence-corrected chi connectivity index (χ0v) is 11.7. The third-order valence-electron chi connectivity index (χ3n) is 1.67. The molecule has 0 N–H and O–H groups in total. The predicted octanol–water partition coefficient (Wildman–Crippen LogP) is 4.52. The Morgan fingerprint density at radius 2 is 2.00 bits per heavy atom. The summed E-state index contributed by atoms with van der Waals surface area (Å²) in [5, 5.41) is 8.12. The van der Waals surface area contributed by atoms with Crippen LogP contribution in [0.25, 0.3) is 10.6 Å². The van der Waals surface area contributed by atoms with Crippen LogP contribution < -0.4 is 0 Å². The van der Waals surface area contributed by atoms with Crippen LogP contribution in [0.1, 0.15) is 0 Å². The third-order valence-corrected chi connectivity index (χ3v) is 4.31. The molecule has 0 aliphatic carbocycles. The van der Waals surface area contributed by atoms with E-state index in [2.05, 4.69) is 42.1 Å². The van der Waals surface area contributed by atoms with Gasteiger partial charge in [0.1, 0.15) is 0 Å². The van der Waals surface area contributed by atoms with Crippen molar-refractivity contribution in [3.05, 3.63) is 31.4 Å². The molecular formula is C8H2Br2ClFN2S. The molecule has 0 aliphatic heterocycles. The van der Waals surface area contributed by atoms with Crippen LogP contribution in [0.15, 0.2) is 20.5 Å². The molecule has 0 spiro atoms. The Hall–Kier alpha value is -0.0400. The van der Waals surface area contributed by atoms with Gasteiger partial charge in [-0.1, -0.05) is 22.9 Å². The maximum atomic E-state index is 13.7. The van der Waals surface area contributed by atoms with Crippen molar-refractivity contribution in [1.29, 1.82) is 0 Å². The number of benzene rings is 1. The lowest BCUT2D eigenvalue weighted by Gasteiger charge is -2.01. The minimum absolute atomic E-state index is 0.0545. The summed E-state index contributed by atoms with van der Waals surface area (Å²) in [6, 6.07) is 3.29. The maximum Gasteiger partial charge on any atom is 0.183 e. The molecule has 7 heteroatoms. The molecule has 0 unspecified atom stereocenters. The molecule has 78 valence electrons. The molecule has 0 amide bonds. The Bertz CT molecular complexity index is 517. The van der Waals surface area contributed by atoms with Crippen LogP contribution in [0.5, 0.6) is 0 Å². The Kier molecular flexibility index (Phi) is 3.39. The van der Waals surface area contributed by atoms with Gasteiger partial charge >= 0.3 is 0 Å². The van der Waals surface area contributed by atoms with Crippen LogP contribution in [0.2, 0.25) is 5.02 Å². The van der Waals surface area contributed by atoms with E-state index in [0.717, 1.165) is 0 Å². The van der Waals surface area contributed by atoms with Crippen LogP contribution in [0, 0.1) is 5.82 Å². The van der Waals surface area contributed by atoms with Gasteiger partial charge in [-0.15, -0.1) is 10.2 Å². The molecule has 0 fully saturated rings. The van der Waals surface area contributed by atoms with Crippen molar-refractivity contribution in [3.8, 4) is 10.6 Å². The fourth-order valence-electron chi connectivity index (χ4n) is 1.01. The van der Waals surface area contributed by atoms with Crippen LogP contribution in [0.4, 0.5) is 4.39 Å². The van der Waals surface area contributed by atoms with E-state index in [1.54, 1.807) is 12.1 Å². The van der Waals surface area contributed by atoms with Gasteiger partial charge in [-0.25, -0.2) is 4.39 Å². The SMILES string of the molecule is Fc1c(-c2nnc(Br)s2)ccc(Br)c1Cl. The number of hydrogen-bond acceptors (Lipinski definition) is 3. The normalized spacial score (nSPS) is 10.7. The summed E-state index contributed by atoms with van der Waals surface area (Å²) in [5.74, 6) is -0.491. The summed E-state index contributed by atoms with van der Waals surface area (Å²) in [6.45, 7) is 0. The van der Waals surface area contributed by atoms with E-state index in [1.165, 1.54) is 11.3 Å². The van der Waals surface area contributed by atoms with Gasteiger partial charge in [0.15, 0.2) is 14.7 Å². The highest BCUT2D eigenvalue weighted by Crippen LogP contribution is 2.34. The molecule has 0 radical (unpaired) electrons. The van der Waals surface area contributed by atoms with Gasteiger partial charge < -0.3 is 0 Å². The molecule has 0 saturated heterocycles. The first-order valence-electron chi connectivity index (χ1n) is 3.72. The van der Waals surface area contributed by atoms with E-state index in [9.17, 15) is 4.39 Å². The van der Waals surface area contributed by atoms with E-state index < -0.39 is 5.82 Å². The minimum atomic E-state index is -0.491. The van der Waals surface area contributed by atoms with E-state index in [-0.39, 0.29) is 5.02 Å². The number of hydrogen-bond donors (Lipinski definition) is 0. The number of rotatable bonds is 1. The fourth-order valence-corrected chi connectivity index (χ4v) is 2.61. The molecule has 1 aromatic heterocycles. The predicted molar refractivity (Wildman–Crippen MR) is 65.7 cm³/mol. The van der Waals surface area contributed by atoms with Crippen molar-refractivity contribution in [2.75, 3.05) is 0 Å². The molecule has 15 heavy (non-hydrogen) atoms. The van der Waals surface area contributed by atoms with Gasteiger partial charge in [-0.05, 0) is 44.0 Å². The van der Waals surface area contributed by atoms with Gasteiger partial charge in [0.05, 0.1) is 5.02 Å². The second-order valence-corrected chi connectivity index (χ2v) is 6.07. The molecule has 0 saturated carbocycles. The second kappa shape index (κ2) is 4.45. The number of aromatic nitrogens is 2. The maximum absolute atomic E-state index is 13.7. The molecule has 1 aromatic carbocycles. The van der Waals surface area contributed by atoms with E-state index in [1.807, 2.05) is 0 Å². The lowest BCUT2D eigenvalue weighted by Crippen LogP contribution is -1.86. The first kappa shape index (κ1) is 11.4. The van der Waals surface area contributed by atoms with E-state index in [0.29, 0.717) is 19.0 Å². The van der Waals surface area contributed by atoms with Crippen LogP contribution in [-0.2, 0) is 0 Å². The largest absolute Gasteiger partial charge is 0.205 e. The smallest absolute Gasteiger partial charge is 0.183 e. The topological polar surface area (TPSA) is 25.8 Å². The molecular weight excluding hydrogens is 370 g/mol. The van der Waals surface area contributed by atoms with Crippen molar-refractivity contribution in [2.45, 2.75) is 0 Å². The average Bonchev–Trinajstić information content (AvgIpc) is 2.61. The fraction of sp³-hybridized carbons (Fsp3) is 0. The Morgan fingerprint density at radius 3 is 2.60 bits per heavy atom. The summed E-state index contributed by atoms with van der Waals surface area (Å²) >= 11 is 13.3. The lowest BCUT2D eigenvalue weighted by atomic mass is 10.2. The zero-order chi connectivity index (χ0) is 11.0. The van der Waals surface area contributed by atoms with Gasteiger partial charge in [-0.3, -0.25) is 0 Å². The summed E-state index contributed by atoms with van der Waals surface area (Å²) in [7, 11) is 0. The Labute approximate surface area is 111 Å². The van der Waals surface area contributed by atoms with Crippen molar-refractivity contribution in [3.63, 3.8) is 0 Å². The van der Waals surface area contributed by atoms with Crippen molar-refractivity contribution < 1.29 is 4.39 Å². The summed E-state index contributed by atoms with van der Waals surface area (Å²) in [6.07, 6.45) is 0. The second-order valence-electron chi connectivity index (χ2n) is 2.58. The molecule has 0 atom stereocenters. The highest BCUT2D eigenvalue weighted by atomic mass is 79.9. The molecule has 0 aliphatic rings. The molecule has 2 aromatic rings. The third kappa shape index (κ3) is 2.22. The van der Waals surface area contributed by atoms with Crippen molar-refractivity contribution in [1.82, 2.24) is 10.2 Å². The van der Waals surface area contributed by atoms with E-state index >= 15 is 0 Å². The van der Waals surface area contributed by atoms with Gasteiger partial charge in [-0.2, -0.15) is 0 Å². The van der Waals surface area contributed by atoms with Crippen LogP contribution in [-0.4, -0.2) is 10.2 Å². The molecule has 2 rings (SSSR count). The molecule has 1 heterocycles. The lowest BCUT2D eigenvalue weighted by molar-refractivity contribution is 0.630. The Morgan fingerprint density at radius 1 is 1.27 bits per heavy atom. The monoisotopic (exact) mass is 370 g/mol. The highest BCUT2D eigenvalue weighted by Gasteiger charge is 2.14. The Balaban J connectivity index is 2.59. The summed E-state index contributed by atoms with van der Waals surface area (Å²) in [4.78, 5) is 0. The van der Waals surface area contributed by atoms with Crippen molar-refractivity contribution in [2.24, 2.45) is 0 Å².